The van der Waals surface area contributed by atoms with Crippen LogP contribution in [0.3, 0.4) is 0 Å². The van der Waals surface area contributed by atoms with E-state index in [-0.39, 0.29) is 5.97 Å². The zero-order chi connectivity index (χ0) is 11.0. The maximum Gasteiger partial charge on any atom is 0.337 e. The number of halogens is 1. The third-order valence-corrected chi connectivity index (χ3v) is 3.03. The summed E-state index contributed by atoms with van der Waals surface area (Å²) in [4.78, 5) is 11.4. The Morgan fingerprint density at radius 1 is 1.47 bits per heavy atom. The van der Waals surface area contributed by atoms with Gasteiger partial charge in [-0.15, -0.1) is 0 Å². The van der Waals surface area contributed by atoms with Crippen molar-refractivity contribution in [3.8, 4) is 0 Å². The van der Waals surface area contributed by atoms with Gasteiger partial charge >= 0.3 is 5.97 Å². The lowest BCUT2D eigenvalue weighted by Gasteiger charge is -2.03. The van der Waals surface area contributed by atoms with Crippen LogP contribution in [0.2, 0.25) is 0 Å². The van der Waals surface area contributed by atoms with Gasteiger partial charge in [-0.05, 0) is 18.2 Å². The summed E-state index contributed by atoms with van der Waals surface area (Å²) in [6.07, 6.45) is 1.95. The molecular formula is C11H10BrNO2. The Morgan fingerprint density at radius 3 is 2.87 bits per heavy atom. The Labute approximate surface area is 95.8 Å². The van der Waals surface area contributed by atoms with E-state index in [0.29, 0.717) is 5.56 Å². The van der Waals surface area contributed by atoms with Crippen molar-refractivity contribution in [1.29, 1.82) is 0 Å². The molecule has 0 atom stereocenters. The van der Waals surface area contributed by atoms with Gasteiger partial charge in [0.2, 0.25) is 0 Å². The van der Waals surface area contributed by atoms with Crippen LogP contribution >= 0.6 is 15.9 Å². The molecule has 78 valence electrons. The lowest BCUT2D eigenvalue weighted by Crippen LogP contribution is -2.01. The number of rotatable bonds is 1. The summed E-state index contributed by atoms with van der Waals surface area (Å²) >= 11 is 3.44. The molecule has 4 heteroatoms. The Balaban J connectivity index is 2.70. The van der Waals surface area contributed by atoms with Gasteiger partial charge in [0, 0.05) is 28.6 Å². The van der Waals surface area contributed by atoms with E-state index in [0.717, 1.165) is 15.4 Å². The first-order valence-corrected chi connectivity index (χ1v) is 5.25. The van der Waals surface area contributed by atoms with Crippen LogP contribution in [0.1, 0.15) is 10.4 Å². The Bertz CT molecular complexity index is 531. The molecule has 0 aliphatic carbocycles. The molecule has 15 heavy (non-hydrogen) atoms. The zero-order valence-corrected chi connectivity index (χ0v) is 10.0. The Morgan fingerprint density at radius 2 is 2.20 bits per heavy atom. The third-order valence-electron chi connectivity index (χ3n) is 2.37. The van der Waals surface area contributed by atoms with Gasteiger partial charge in [0.15, 0.2) is 0 Å². The molecule has 0 fully saturated rings. The number of carbonyl (C=O) groups is 1. The smallest absolute Gasteiger partial charge is 0.337 e. The standard InChI is InChI=1S/C11H10BrNO2/c1-13-4-3-8-9(12)5-7(6-10(8)13)11(14)15-2/h3-6H,1-2H3. The number of aromatic nitrogens is 1. The molecule has 2 rings (SSSR count). The van der Waals surface area contributed by atoms with E-state index in [2.05, 4.69) is 20.7 Å². The highest BCUT2D eigenvalue weighted by Crippen LogP contribution is 2.26. The van der Waals surface area contributed by atoms with Crippen LogP contribution in [-0.2, 0) is 11.8 Å². The summed E-state index contributed by atoms with van der Waals surface area (Å²) < 4.78 is 7.56. The van der Waals surface area contributed by atoms with Gasteiger partial charge in [-0.25, -0.2) is 4.79 Å². The molecule has 1 aromatic carbocycles. The highest BCUT2D eigenvalue weighted by molar-refractivity contribution is 9.10. The van der Waals surface area contributed by atoms with Crippen LogP contribution in [-0.4, -0.2) is 17.6 Å². The molecule has 1 heterocycles. The Hall–Kier alpha value is -1.29. The minimum atomic E-state index is -0.321. The van der Waals surface area contributed by atoms with E-state index in [1.54, 1.807) is 6.07 Å². The second-order valence-electron chi connectivity index (χ2n) is 3.31. The molecule has 0 aliphatic heterocycles. The molecule has 0 spiro atoms. The van der Waals surface area contributed by atoms with Crippen molar-refractivity contribution >= 4 is 32.8 Å². The molecule has 0 N–H and O–H groups in total. The van der Waals surface area contributed by atoms with Gasteiger partial charge in [-0.3, -0.25) is 0 Å². The molecule has 0 radical (unpaired) electrons. The number of fused-ring (bicyclic) bond motifs is 1. The molecule has 1 aromatic heterocycles. The fourth-order valence-electron chi connectivity index (χ4n) is 1.56. The molecule has 0 aliphatic rings. The topological polar surface area (TPSA) is 31.2 Å². The van der Waals surface area contributed by atoms with Gasteiger partial charge in [0.1, 0.15) is 0 Å². The van der Waals surface area contributed by atoms with E-state index >= 15 is 0 Å². The molecule has 0 saturated carbocycles. The van der Waals surface area contributed by atoms with Crippen molar-refractivity contribution in [3.63, 3.8) is 0 Å². The number of benzene rings is 1. The van der Waals surface area contributed by atoms with Crippen LogP contribution in [0.4, 0.5) is 0 Å². The summed E-state index contributed by atoms with van der Waals surface area (Å²) in [7, 11) is 3.32. The molecule has 0 amide bonds. The normalized spacial score (nSPS) is 10.6. The second-order valence-corrected chi connectivity index (χ2v) is 4.16. The van der Waals surface area contributed by atoms with Gasteiger partial charge in [0.25, 0.3) is 0 Å². The first-order chi connectivity index (χ1) is 7.13. The average Bonchev–Trinajstić information content (AvgIpc) is 2.60. The quantitative estimate of drug-likeness (QED) is 0.744. The fraction of sp³-hybridized carbons (Fsp3) is 0.182. The molecular weight excluding hydrogens is 258 g/mol. The van der Waals surface area contributed by atoms with E-state index in [4.69, 9.17) is 0 Å². The first kappa shape index (κ1) is 10.2. The van der Waals surface area contributed by atoms with Crippen molar-refractivity contribution in [1.82, 2.24) is 4.57 Å². The lowest BCUT2D eigenvalue weighted by molar-refractivity contribution is 0.0601. The monoisotopic (exact) mass is 267 g/mol. The number of hydrogen-bond donors (Lipinski definition) is 0. The molecule has 0 unspecified atom stereocenters. The van der Waals surface area contributed by atoms with Gasteiger partial charge in [-0.2, -0.15) is 0 Å². The van der Waals surface area contributed by atoms with Crippen LogP contribution in [0.5, 0.6) is 0 Å². The number of carbonyl (C=O) groups excluding carboxylic acids is 1. The lowest BCUT2D eigenvalue weighted by atomic mass is 10.1. The zero-order valence-electron chi connectivity index (χ0n) is 8.45. The summed E-state index contributed by atoms with van der Waals surface area (Å²) in [5.74, 6) is -0.321. The summed E-state index contributed by atoms with van der Waals surface area (Å²) in [5.41, 5.74) is 1.56. The highest BCUT2D eigenvalue weighted by atomic mass is 79.9. The average molecular weight is 268 g/mol. The summed E-state index contributed by atoms with van der Waals surface area (Å²) in [6.45, 7) is 0. The predicted molar refractivity (Wildman–Crippen MR) is 62.0 cm³/mol. The molecule has 3 nitrogen and oxygen atoms in total. The van der Waals surface area contributed by atoms with Gasteiger partial charge < -0.3 is 9.30 Å². The van der Waals surface area contributed by atoms with E-state index < -0.39 is 0 Å². The van der Waals surface area contributed by atoms with Crippen molar-refractivity contribution in [2.24, 2.45) is 7.05 Å². The van der Waals surface area contributed by atoms with E-state index in [9.17, 15) is 4.79 Å². The molecule has 0 saturated heterocycles. The molecule has 2 aromatic rings. The number of aryl methyl sites for hydroxylation is 1. The van der Waals surface area contributed by atoms with Crippen LogP contribution in [0.25, 0.3) is 10.9 Å². The predicted octanol–water partition coefficient (Wildman–Crippen LogP) is 2.73. The van der Waals surface area contributed by atoms with Crippen molar-refractivity contribution in [2.75, 3.05) is 7.11 Å². The van der Waals surface area contributed by atoms with Crippen molar-refractivity contribution < 1.29 is 9.53 Å². The summed E-state index contributed by atoms with van der Waals surface area (Å²) in [5, 5.41) is 1.09. The SMILES string of the molecule is COC(=O)c1cc(Br)c2ccn(C)c2c1. The number of ether oxygens (including phenoxy) is 1. The van der Waals surface area contributed by atoms with E-state index in [1.165, 1.54) is 7.11 Å². The van der Waals surface area contributed by atoms with Gasteiger partial charge in [-0.1, -0.05) is 15.9 Å². The highest BCUT2D eigenvalue weighted by Gasteiger charge is 2.10. The van der Waals surface area contributed by atoms with Crippen molar-refractivity contribution in [3.05, 3.63) is 34.4 Å². The van der Waals surface area contributed by atoms with Crippen LogP contribution < -0.4 is 0 Å². The fourth-order valence-corrected chi connectivity index (χ4v) is 2.14. The Kier molecular flexibility index (Phi) is 2.52. The number of hydrogen-bond acceptors (Lipinski definition) is 2. The largest absolute Gasteiger partial charge is 0.465 e. The second kappa shape index (κ2) is 3.70. The minimum Gasteiger partial charge on any atom is -0.465 e. The maximum atomic E-state index is 11.4. The first-order valence-electron chi connectivity index (χ1n) is 4.46. The maximum absolute atomic E-state index is 11.4. The van der Waals surface area contributed by atoms with Crippen LogP contribution in [0.15, 0.2) is 28.9 Å². The van der Waals surface area contributed by atoms with E-state index in [1.807, 2.05) is 29.9 Å². The summed E-state index contributed by atoms with van der Waals surface area (Å²) in [6, 6.07) is 5.60. The third kappa shape index (κ3) is 1.65. The van der Waals surface area contributed by atoms with Crippen molar-refractivity contribution in [2.45, 2.75) is 0 Å². The number of methoxy groups -OCH3 is 1. The van der Waals surface area contributed by atoms with Gasteiger partial charge in [0.05, 0.1) is 12.7 Å². The number of nitrogens with zero attached hydrogens (tertiary/aromatic N) is 1. The number of esters is 1. The van der Waals surface area contributed by atoms with Crippen LogP contribution in [0, 0.1) is 0 Å². The minimum absolute atomic E-state index is 0.321. The molecule has 0 bridgehead atoms.